The van der Waals surface area contributed by atoms with Gasteiger partial charge in [0.1, 0.15) is 0 Å². The molecular weight excluding hydrogens is 168 g/mol. The molecule has 1 nitrogen and oxygen atoms in total. The zero-order chi connectivity index (χ0) is 8.97. The molecule has 0 aliphatic carbocycles. The molecule has 0 bridgehead atoms. The summed E-state index contributed by atoms with van der Waals surface area (Å²) in [7, 11) is 0. The molecule has 0 aliphatic heterocycles. The van der Waals surface area contributed by atoms with Crippen LogP contribution in [0.5, 0.6) is 0 Å². The van der Waals surface area contributed by atoms with E-state index in [1.165, 1.54) is 4.88 Å². The molecule has 1 rings (SSSR count). The van der Waals surface area contributed by atoms with Crippen molar-refractivity contribution in [1.82, 2.24) is 0 Å². The summed E-state index contributed by atoms with van der Waals surface area (Å²) in [5.74, 6) is 0.176. The van der Waals surface area contributed by atoms with Crippen LogP contribution in [0.25, 0.3) is 0 Å². The van der Waals surface area contributed by atoms with Crippen LogP contribution in [-0.2, 0) is 11.2 Å². The average molecular weight is 180 g/mol. The lowest BCUT2D eigenvalue weighted by molar-refractivity contribution is -0.114. The van der Waals surface area contributed by atoms with Gasteiger partial charge in [0.25, 0.3) is 0 Å². The fraction of sp³-hybridized carbons (Fsp3) is 0.300. The van der Waals surface area contributed by atoms with E-state index < -0.39 is 0 Å². The molecule has 12 heavy (non-hydrogen) atoms. The third-order valence-corrected chi connectivity index (χ3v) is 2.43. The topological polar surface area (TPSA) is 17.1 Å². The first-order chi connectivity index (χ1) is 5.72. The largest absolute Gasteiger partial charge is 0.294 e. The molecule has 64 valence electrons. The molecule has 0 saturated carbocycles. The van der Waals surface area contributed by atoms with Crippen LogP contribution in [0.15, 0.2) is 23.6 Å². The summed E-state index contributed by atoms with van der Waals surface area (Å²) in [6.45, 7) is 3.91. The van der Waals surface area contributed by atoms with Crippen molar-refractivity contribution in [2.45, 2.75) is 20.3 Å². The quantitative estimate of drug-likeness (QED) is 0.654. The number of carbonyl (C=O) groups is 1. The molecule has 0 amide bonds. The minimum absolute atomic E-state index is 0.176. The second-order valence-corrected chi connectivity index (χ2v) is 3.82. The molecule has 0 N–H and O–H groups in total. The lowest BCUT2D eigenvalue weighted by atomic mass is 10.1. The van der Waals surface area contributed by atoms with Crippen LogP contribution in [0.3, 0.4) is 0 Å². The summed E-state index contributed by atoms with van der Waals surface area (Å²) < 4.78 is 0. The van der Waals surface area contributed by atoms with Crippen LogP contribution in [0.4, 0.5) is 0 Å². The van der Waals surface area contributed by atoms with Crippen molar-refractivity contribution in [2.75, 3.05) is 0 Å². The van der Waals surface area contributed by atoms with Crippen LogP contribution < -0.4 is 0 Å². The van der Waals surface area contributed by atoms with Crippen molar-refractivity contribution in [2.24, 2.45) is 0 Å². The van der Waals surface area contributed by atoms with E-state index in [1.807, 2.05) is 19.2 Å². The van der Waals surface area contributed by atoms with E-state index in [0.717, 1.165) is 5.56 Å². The van der Waals surface area contributed by atoms with Crippen LogP contribution in [-0.4, -0.2) is 5.78 Å². The molecule has 1 heterocycles. The van der Waals surface area contributed by atoms with E-state index in [-0.39, 0.29) is 5.78 Å². The third-order valence-electron chi connectivity index (χ3n) is 1.52. The maximum absolute atomic E-state index is 11.1. The smallest absolute Gasteiger partial charge is 0.159 e. The summed E-state index contributed by atoms with van der Waals surface area (Å²) >= 11 is 1.69. The lowest BCUT2D eigenvalue weighted by Crippen LogP contribution is -1.96. The zero-order valence-corrected chi connectivity index (χ0v) is 8.15. The standard InChI is InChI=1S/C10H12OS/c1-3-4-10(11)6-9-5-8(2)12-7-9/h3-5,7H,6H2,1-2H3/b4-3+. The molecule has 0 aliphatic rings. The van der Waals surface area contributed by atoms with Gasteiger partial charge in [0.2, 0.25) is 0 Å². The van der Waals surface area contributed by atoms with Gasteiger partial charge < -0.3 is 0 Å². The minimum Gasteiger partial charge on any atom is -0.294 e. The van der Waals surface area contributed by atoms with Gasteiger partial charge in [0.05, 0.1) is 0 Å². The van der Waals surface area contributed by atoms with Crippen molar-refractivity contribution >= 4 is 17.1 Å². The summed E-state index contributed by atoms with van der Waals surface area (Å²) in [4.78, 5) is 12.4. The third kappa shape index (κ3) is 2.62. The number of hydrogen-bond acceptors (Lipinski definition) is 2. The van der Waals surface area contributed by atoms with Crippen LogP contribution in [0.2, 0.25) is 0 Å². The molecular formula is C10H12OS. The highest BCUT2D eigenvalue weighted by Crippen LogP contribution is 2.13. The molecule has 1 aromatic rings. The number of carbonyl (C=O) groups excluding carboxylic acids is 1. The number of allylic oxidation sites excluding steroid dienone is 2. The minimum atomic E-state index is 0.176. The summed E-state index contributed by atoms with van der Waals surface area (Å²) in [5.41, 5.74) is 1.13. The predicted molar refractivity (Wildman–Crippen MR) is 52.6 cm³/mol. The molecule has 0 saturated heterocycles. The fourth-order valence-electron chi connectivity index (χ4n) is 1.04. The summed E-state index contributed by atoms with van der Waals surface area (Å²) in [6, 6.07) is 2.06. The van der Waals surface area contributed by atoms with E-state index in [9.17, 15) is 4.79 Å². The Morgan fingerprint density at radius 2 is 2.42 bits per heavy atom. The molecule has 1 aromatic heterocycles. The molecule has 0 radical (unpaired) electrons. The van der Waals surface area contributed by atoms with E-state index >= 15 is 0 Å². The Kier molecular flexibility index (Phi) is 3.23. The van der Waals surface area contributed by atoms with Gasteiger partial charge in [-0.25, -0.2) is 0 Å². The van der Waals surface area contributed by atoms with Gasteiger partial charge in [-0.1, -0.05) is 6.08 Å². The number of ketones is 1. The number of rotatable bonds is 3. The van der Waals surface area contributed by atoms with E-state index in [1.54, 1.807) is 23.5 Å². The van der Waals surface area contributed by atoms with E-state index in [4.69, 9.17) is 0 Å². The van der Waals surface area contributed by atoms with Crippen LogP contribution >= 0.6 is 11.3 Å². The number of hydrogen-bond donors (Lipinski definition) is 0. The molecule has 0 spiro atoms. The van der Waals surface area contributed by atoms with Gasteiger partial charge in [-0.2, -0.15) is 0 Å². The maximum atomic E-state index is 11.1. The normalized spacial score (nSPS) is 10.8. The predicted octanol–water partition coefficient (Wildman–Crippen LogP) is 2.74. The van der Waals surface area contributed by atoms with Gasteiger partial charge >= 0.3 is 0 Å². The Balaban J connectivity index is 2.58. The second kappa shape index (κ2) is 4.21. The van der Waals surface area contributed by atoms with Crippen LogP contribution in [0.1, 0.15) is 17.4 Å². The highest BCUT2D eigenvalue weighted by molar-refractivity contribution is 7.10. The molecule has 0 aromatic carbocycles. The van der Waals surface area contributed by atoms with Gasteiger partial charge in [-0.15, -0.1) is 11.3 Å². The SMILES string of the molecule is C/C=C/C(=O)Cc1csc(C)c1. The van der Waals surface area contributed by atoms with E-state index in [0.29, 0.717) is 6.42 Å². The molecule has 2 heteroatoms. The average Bonchev–Trinajstić information content (AvgIpc) is 2.36. The van der Waals surface area contributed by atoms with Gasteiger partial charge in [0, 0.05) is 11.3 Å². The zero-order valence-electron chi connectivity index (χ0n) is 7.33. The van der Waals surface area contributed by atoms with Gasteiger partial charge in [0.15, 0.2) is 5.78 Å². The first-order valence-corrected chi connectivity index (χ1v) is 4.80. The highest BCUT2D eigenvalue weighted by Gasteiger charge is 2.00. The first-order valence-electron chi connectivity index (χ1n) is 3.92. The Labute approximate surface area is 76.7 Å². The Bertz CT molecular complexity index is 297. The van der Waals surface area contributed by atoms with Crippen LogP contribution in [0, 0.1) is 6.92 Å². The lowest BCUT2D eigenvalue weighted by Gasteiger charge is -1.89. The van der Waals surface area contributed by atoms with Crippen molar-refractivity contribution in [3.8, 4) is 0 Å². The molecule has 0 fully saturated rings. The monoisotopic (exact) mass is 180 g/mol. The first kappa shape index (κ1) is 9.20. The number of aryl methyl sites for hydroxylation is 1. The maximum Gasteiger partial charge on any atom is 0.159 e. The summed E-state index contributed by atoms with van der Waals surface area (Å²) in [6.07, 6.45) is 3.93. The Hall–Kier alpha value is -0.890. The molecule has 0 unspecified atom stereocenters. The highest BCUT2D eigenvalue weighted by atomic mass is 32.1. The number of thiophene rings is 1. The second-order valence-electron chi connectivity index (χ2n) is 2.71. The molecule has 0 atom stereocenters. The van der Waals surface area contributed by atoms with Gasteiger partial charge in [-0.05, 0) is 36.9 Å². The van der Waals surface area contributed by atoms with Crippen molar-refractivity contribution < 1.29 is 4.79 Å². The Morgan fingerprint density at radius 3 is 2.92 bits per heavy atom. The van der Waals surface area contributed by atoms with Gasteiger partial charge in [-0.3, -0.25) is 4.79 Å². The Morgan fingerprint density at radius 1 is 1.67 bits per heavy atom. The van der Waals surface area contributed by atoms with E-state index in [2.05, 4.69) is 6.07 Å². The van der Waals surface area contributed by atoms with Crippen molar-refractivity contribution in [1.29, 1.82) is 0 Å². The fourth-order valence-corrected chi connectivity index (χ4v) is 1.74. The van der Waals surface area contributed by atoms with Crippen molar-refractivity contribution in [3.63, 3.8) is 0 Å². The summed E-state index contributed by atoms with van der Waals surface area (Å²) in [5, 5.41) is 2.04. The van der Waals surface area contributed by atoms with Crippen molar-refractivity contribution in [3.05, 3.63) is 34.0 Å².